The lowest BCUT2D eigenvalue weighted by Gasteiger charge is -2.40. The molecule has 1 saturated heterocycles. The molecule has 2 atom stereocenters. The maximum atomic E-state index is 12.5. The number of nitrogens with zero attached hydrogens (tertiary/aromatic N) is 1. The fourth-order valence-corrected chi connectivity index (χ4v) is 2.92. The van der Waals surface area contributed by atoms with Crippen LogP contribution in [0.1, 0.15) is 31.7 Å². The molecule has 0 aromatic heterocycles. The minimum atomic E-state index is -0.0902. The predicted molar refractivity (Wildman–Crippen MR) is 83.2 cm³/mol. The number of benzene rings is 1. The highest BCUT2D eigenvalue weighted by Gasteiger charge is 2.30. The van der Waals surface area contributed by atoms with E-state index in [1.807, 2.05) is 24.0 Å². The average Bonchev–Trinajstić information content (AvgIpc) is 2.42. The second-order valence-corrected chi connectivity index (χ2v) is 5.88. The number of halogens is 1. The Bertz CT molecular complexity index is 492. The Morgan fingerprint density at radius 3 is 2.90 bits per heavy atom. The van der Waals surface area contributed by atoms with E-state index in [0.717, 1.165) is 30.5 Å². The molecule has 0 saturated carbocycles. The molecule has 2 unspecified atom stereocenters. The maximum absolute atomic E-state index is 12.5. The molecule has 110 valence electrons. The summed E-state index contributed by atoms with van der Waals surface area (Å²) < 4.78 is 0. The monoisotopic (exact) mass is 295 g/mol. The van der Waals surface area contributed by atoms with Crippen molar-refractivity contribution in [3.63, 3.8) is 0 Å². The van der Waals surface area contributed by atoms with Gasteiger partial charge in [-0.2, -0.15) is 0 Å². The lowest BCUT2D eigenvalue weighted by molar-refractivity contribution is 0.128. The Hall–Kier alpha value is -1.26. The standard InChI is InChI=1S/C15H22ClN3O/c1-10-6-7-12(8-14(10)16)18-15(20)19-11(2)4-3-5-13(19)9-17/h6-8,11,13H,3-5,9,17H2,1-2H3,(H,18,20). The van der Waals surface area contributed by atoms with E-state index in [0.29, 0.717) is 11.6 Å². The Balaban J connectivity index is 2.11. The molecule has 0 aliphatic carbocycles. The number of nitrogens with two attached hydrogens (primary N) is 1. The van der Waals surface area contributed by atoms with Crippen LogP contribution in [-0.2, 0) is 0 Å². The largest absolute Gasteiger partial charge is 0.328 e. The summed E-state index contributed by atoms with van der Waals surface area (Å²) in [5.74, 6) is 0. The highest BCUT2D eigenvalue weighted by Crippen LogP contribution is 2.25. The summed E-state index contributed by atoms with van der Waals surface area (Å²) in [6.07, 6.45) is 3.13. The van der Waals surface area contributed by atoms with E-state index < -0.39 is 0 Å². The summed E-state index contributed by atoms with van der Waals surface area (Å²) >= 11 is 6.08. The van der Waals surface area contributed by atoms with Crippen molar-refractivity contribution in [2.45, 2.75) is 45.2 Å². The van der Waals surface area contributed by atoms with Crippen LogP contribution in [0.15, 0.2) is 18.2 Å². The van der Waals surface area contributed by atoms with E-state index in [4.69, 9.17) is 17.3 Å². The fraction of sp³-hybridized carbons (Fsp3) is 0.533. The molecule has 1 heterocycles. The van der Waals surface area contributed by atoms with Crippen molar-refractivity contribution in [1.82, 2.24) is 4.90 Å². The van der Waals surface area contributed by atoms with Crippen molar-refractivity contribution in [1.29, 1.82) is 0 Å². The van der Waals surface area contributed by atoms with E-state index >= 15 is 0 Å². The first kappa shape index (κ1) is 15.1. The van der Waals surface area contributed by atoms with Gasteiger partial charge in [0, 0.05) is 29.3 Å². The van der Waals surface area contributed by atoms with Crippen molar-refractivity contribution >= 4 is 23.3 Å². The van der Waals surface area contributed by atoms with Crippen LogP contribution in [0, 0.1) is 6.92 Å². The third-order valence-electron chi connectivity index (χ3n) is 3.96. The van der Waals surface area contributed by atoms with Crippen LogP contribution in [0.5, 0.6) is 0 Å². The molecule has 1 aromatic carbocycles. The molecule has 1 aromatic rings. The molecular weight excluding hydrogens is 274 g/mol. The Labute approximate surface area is 125 Å². The molecule has 4 nitrogen and oxygen atoms in total. The van der Waals surface area contributed by atoms with Crippen LogP contribution in [0.3, 0.4) is 0 Å². The third-order valence-corrected chi connectivity index (χ3v) is 4.36. The van der Waals surface area contributed by atoms with Gasteiger partial charge in [0.1, 0.15) is 0 Å². The van der Waals surface area contributed by atoms with Crippen LogP contribution in [-0.4, -0.2) is 29.6 Å². The Kier molecular flexibility index (Phi) is 4.89. The molecule has 0 radical (unpaired) electrons. The molecule has 2 rings (SSSR count). The number of hydrogen-bond acceptors (Lipinski definition) is 2. The summed E-state index contributed by atoms with van der Waals surface area (Å²) in [4.78, 5) is 14.3. The SMILES string of the molecule is Cc1ccc(NC(=O)N2C(C)CCCC2CN)cc1Cl. The molecule has 1 aliphatic heterocycles. The van der Waals surface area contributed by atoms with Crippen molar-refractivity contribution < 1.29 is 4.79 Å². The summed E-state index contributed by atoms with van der Waals surface area (Å²) in [6.45, 7) is 4.51. The van der Waals surface area contributed by atoms with Crippen LogP contribution in [0.25, 0.3) is 0 Å². The lowest BCUT2D eigenvalue weighted by Crippen LogP contribution is -2.53. The molecule has 1 aliphatic rings. The van der Waals surface area contributed by atoms with Crippen molar-refractivity contribution in [2.75, 3.05) is 11.9 Å². The van der Waals surface area contributed by atoms with Gasteiger partial charge in [-0.1, -0.05) is 17.7 Å². The normalized spacial score (nSPS) is 22.7. The first-order chi connectivity index (χ1) is 9.52. The minimum absolute atomic E-state index is 0.0902. The van der Waals surface area contributed by atoms with Gasteiger partial charge in [-0.3, -0.25) is 0 Å². The number of aryl methyl sites for hydroxylation is 1. The first-order valence-corrected chi connectivity index (χ1v) is 7.46. The summed E-state index contributed by atoms with van der Waals surface area (Å²) in [5.41, 5.74) is 7.51. The summed E-state index contributed by atoms with van der Waals surface area (Å²) in [6, 6.07) is 5.80. The first-order valence-electron chi connectivity index (χ1n) is 7.08. The molecular formula is C15H22ClN3O. The minimum Gasteiger partial charge on any atom is -0.328 e. The van der Waals surface area contributed by atoms with Crippen molar-refractivity contribution in [3.8, 4) is 0 Å². The number of likely N-dealkylation sites (tertiary alicyclic amines) is 1. The van der Waals surface area contributed by atoms with E-state index in [1.54, 1.807) is 6.07 Å². The van der Waals surface area contributed by atoms with E-state index in [2.05, 4.69) is 12.2 Å². The maximum Gasteiger partial charge on any atom is 0.322 e. The zero-order chi connectivity index (χ0) is 14.7. The van der Waals surface area contributed by atoms with Gasteiger partial charge >= 0.3 is 6.03 Å². The van der Waals surface area contributed by atoms with Crippen molar-refractivity contribution in [3.05, 3.63) is 28.8 Å². The summed E-state index contributed by atoms with van der Waals surface area (Å²) in [5, 5.41) is 3.58. The average molecular weight is 296 g/mol. The number of urea groups is 1. The van der Waals surface area contributed by atoms with Gasteiger partial charge in [0.15, 0.2) is 0 Å². The summed E-state index contributed by atoms with van der Waals surface area (Å²) in [7, 11) is 0. The van der Waals surface area contributed by atoms with E-state index in [9.17, 15) is 4.79 Å². The number of carbonyl (C=O) groups excluding carboxylic acids is 1. The van der Waals surface area contributed by atoms with Gasteiger partial charge in [-0.25, -0.2) is 4.79 Å². The van der Waals surface area contributed by atoms with E-state index in [-0.39, 0.29) is 18.1 Å². The number of anilines is 1. The van der Waals surface area contributed by atoms with Crippen LogP contribution in [0.2, 0.25) is 5.02 Å². The lowest BCUT2D eigenvalue weighted by atomic mass is 9.97. The van der Waals surface area contributed by atoms with Gasteiger partial charge in [0.05, 0.1) is 0 Å². The number of nitrogens with one attached hydrogen (secondary N) is 1. The molecule has 3 N–H and O–H groups in total. The van der Waals surface area contributed by atoms with Crippen LogP contribution in [0.4, 0.5) is 10.5 Å². The van der Waals surface area contributed by atoms with Gasteiger partial charge in [0.2, 0.25) is 0 Å². The molecule has 0 spiro atoms. The van der Waals surface area contributed by atoms with Gasteiger partial charge in [-0.05, 0) is 50.8 Å². The predicted octanol–water partition coefficient (Wildman–Crippen LogP) is 3.38. The molecule has 5 heteroatoms. The van der Waals surface area contributed by atoms with Crippen LogP contribution < -0.4 is 11.1 Å². The van der Waals surface area contributed by atoms with Gasteiger partial charge in [0.25, 0.3) is 0 Å². The smallest absolute Gasteiger partial charge is 0.322 e. The third kappa shape index (κ3) is 3.25. The molecule has 0 bridgehead atoms. The number of amides is 2. The van der Waals surface area contributed by atoms with Gasteiger partial charge < -0.3 is 16.0 Å². The zero-order valence-corrected chi connectivity index (χ0v) is 12.8. The van der Waals surface area contributed by atoms with Crippen LogP contribution >= 0.6 is 11.6 Å². The van der Waals surface area contributed by atoms with Gasteiger partial charge in [-0.15, -0.1) is 0 Å². The Morgan fingerprint density at radius 1 is 1.50 bits per heavy atom. The number of carbonyl (C=O) groups is 1. The topological polar surface area (TPSA) is 58.4 Å². The number of rotatable bonds is 2. The number of piperidine rings is 1. The van der Waals surface area contributed by atoms with Crippen molar-refractivity contribution in [2.24, 2.45) is 5.73 Å². The quantitative estimate of drug-likeness (QED) is 0.879. The molecule has 20 heavy (non-hydrogen) atoms. The highest BCUT2D eigenvalue weighted by molar-refractivity contribution is 6.31. The molecule has 2 amide bonds. The fourth-order valence-electron chi connectivity index (χ4n) is 2.74. The Morgan fingerprint density at radius 2 is 2.25 bits per heavy atom. The second-order valence-electron chi connectivity index (χ2n) is 5.47. The van der Waals surface area contributed by atoms with E-state index in [1.165, 1.54) is 0 Å². The highest BCUT2D eigenvalue weighted by atomic mass is 35.5. The second kappa shape index (κ2) is 6.46. The zero-order valence-electron chi connectivity index (χ0n) is 12.0. The number of hydrogen-bond donors (Lipinski definition) is 2. The molecule has 1 fully saturated rings.